The largest absolute Gasteiger partial charge is 0.497 e. The van der Waals surface area contributed by atoms with Crippen molar-refractivity contribution in [1.29, 1.82) is 0 Å². The van der Waals surface area contributed by atoms with Gasteiger partial charge < -0.3 is 14.4 Å². The number of benzene rings is 2. The van der Waals surface area contributed by atoms with Gasteiger partial charge in [-0.25, -0.2) is 0 Å². The van der Waals surface area contributed by atoms with Gasteiger partial charge in [-0.3, -0.25) is 0 Å². The minimum Gasteiger partial charge on any atom is -0.497 e. The molecule has 0 aliphatic rings. The number of nitrogens with zero attached hydrogens (tertiary/aromatic N) is 1. The van der Waals surface area contributed by atoms with Crippen LogP contribution in [0.2, 0.25) is 0 Å². The van der Waals surface area contributed by atoms with Crippen LogP contribution in [0.1, 0.15) is 0 Å². The molecule has 0 aliphatic carbocycles. The third kappa shape index (κ3) is 2.56. The van der Waals surface area contributed by atoms with Crippen LogP contribution in [0, 0.1) is 0 Å². The molecule has 0 atom stereocenters. The number of anilines is 2. The lowest BCUT2D eigenvalue weighted by Gasteiger charge is -2.20. The van der Waals surface area contributed by atoms with E-state index in [1.807, 2.05) is 55.6 Å². The Labute approximate surface area is 108 Å². The molecule has 18 heavy (non-hydrogen) atoms. The highest BCUT2D eigenvalue weighted by Gasteiger charge is 2.05. The zero-order valence-corrected chi connectivity index (χ0v) is 10.9. The van der Waals surface area contributed by atoms with Crippen LogP contribution in [0.25, 0.3) is 0 Å². The van der Waals surface area contributed by atoms with Crippen molar-refractivity contribution in [2.45, 2.75) is 0 Å². The Morgan fingerprint density at radius 2 is 1.22 bits per heavy atom. The van der Waals surface area contributed by atoms with Gasteiger partial charge in [-0.2, -0.15) is 0 Å². The standard InChI is InChI=1S/C15H17NO2/c1-16(12-6-4-8-14(10-12)17-2)13-7-5-9-15(11-13)18-3/h4-11H,1-3H3. The van der Waals surface area contributed by atoms with Crippen molar-refractivity contribution in [1.82, 2.24) is 0 Å². The summed E-state index contributed by atoms with van der Waals surface area (Å²) in [5, 5.41) is 0. The SMILES string of the molecule is COc1cccc(N(C)c2cccc(OC)c2)c1. The molecular formula is C15H17NO2. The first-order valence-electron chi connectivity index (χ1n) is 5.76. The van der Waals surface area contributed by atoms with Crippen LogP contribution in [0.15, 0.2) is 48.5 Å². The molecule has 0 saturated heterocycles. The van der Waals surface area contributed by atoms with E-state index in [0.717, 1.165) is 22.9 Å². The summed E-state index contributed by atoms with van der Waals surface area (Å²) in [7, 11) is 5.36. The van der Waals surface area contributed by atoms with Crippen LogP contribution in [0.3, 0.4) is 0 Å². The predicted molar refractivity (Wildman–Crippen MR) is 74.1 cm³/mol. The second-order valence-corrected chi connectivity index (χ2v) is 3.96. The van der Waals surface area contributed by atoms with Crippen molar-refractivity contribution in [3.8, 4) is 11.5 Å². The van der Waals surface area contributed by atoms with E-state index in [1.54, 1.807) is 14.2 Å². The van der Waals surface area contributed by atoms with Crippen molar-refractivity contribution in [3.63, 3.8) is 0 Å². The lowest BCUT2D eigenvalue weighted by molar-refractivity contribution is 0.414. The summed E-state index contributed by atoms with van der Waals surface area (Å²) in [5.41, 5.74) is 2.14. The average Bonchev–Trinajstić information content (AvgIpc) is 2.46. The maximum Gasteiger partial charge on any atom is 0.120 e. The number of ether oxygens (including phenoxy) is 2. The summed E-state index contributed by atoms with van der Waals surface area (Å²) in [6.07, 6.45) is 0. The predicted octanol–water partition coefficient (Wildman–Crippen LogP) is 3.47. The molecule has 3 nitrogen and oxygen atoms in total. The van der Waals surface area contributed by atoms with Gasteiger partial charge in [-0.15, -0.1) is 0 Å². The van der Waals surface area contributed by atoms with Gasteiger partial charge in [0.2, 0.25) is 0 Å². The smallest absolute Gasteiger partial charge is 0.120 e. The van der Waals surface area contributed by atoms with Gasteiger partial charge in [0.1, 0.15) is 11.5 Å². The molecule has 0 radical (unpaired) electrons. The molecule has 2 rings (SSSR count). The summed E-state index contributed by atoms with van der Waals surface area (Å²) in [6, 6.07) is 15.9. The molecule has 0 aliphatic heterocycles. The molecule has 0 unspecified atom stereocenters. The molecule has 0 spiro atoms. The molecule has 0 saturated carbocycles. The minimum atomic E-state index is 0.849. The molecule has 0 amide bonds. The fourth-order valence-electron chi connectivity index (χ4n) is 1.79. The van der Waals surface area contributed by atoms with Crippen LogP contribution in [-0.4, -0.2) is 21.3 Å². The number of rotatable bonds is 4. The van der Waals surface area contributed by atoms with Gasteiger partial charge >= 0.3 is 0 Å². The van der Waals surface area contributed by atoms with E-state index in [1.165, 1.54) is 0 Å². The van der Waals surface area contributed by atoms with Crippen LogP contribution >= 0.6 is 0 Å². The second-order valence-electron chi connectivity index (χ2n) is 3.96. The third-order valence-corrected chi connectivity index (χ3v) is 2.88. The van der Waals surface area contributed by atoms with E-state index in [0.29, 0.717) is 0 Å². The maximum absolute atomic E-state index is 5.23. The molecular weight excluding hydrogens is 226 g/mol. The van der Waals surface area contributed by atoms with Crippen LogP contribution in [0.4, 0.5) is 11.4 Å². The zero-order valence-electron chi connectivity index (χ0n) is 10.9. The first-order valence-corrected chi connectivity index (χ1v) is 5.76. The van der Waals surface area contributed by atoms with E-state index in [2.05, 4.69) is 4.90 Å². The van der Waals surface area contributed by atoms with Gasteiger partial charge in [0.05, 0.1) is 14.2 Å². The fraction of sp³-hybridized carbons (Fsp3) is 0.200. The maximum atomic E-state index is 5.23. The van der Waals surface area contributed by atoms with Crippen molar-refractivity contribution in [2.75, 3.05) is 26.2 Å². The van der Waals surface area contributed by atoms with E-state index in [-0.39, 0.29) is 0 Å². The summed E-state index contributed by atoms with van der Waals surface area (Å²) in [5.74, 6) is 1.70. The third-order valence-electron chi connectivity index (χ3n) is 2.88. The quantitative estimate of drug-likeness (QED) is 0.820. The first kappa shape index (κ1) is 12.3. The Hall–Kier alpha value is -2.16. The molecule has 0 bridgehead atoms. The Kier molecular flexibility index (Phi) is 3.72. The summed E-state index contributed by atoms with van der Waals surface area (Å²) < 4.78 is 10.5. The van der Waals surface area contributed by atoms with Crippen LogP contribution in [0.5, 0.6) is 11.5 Å². The van der Waals surface area contributed by atoms with Crippen molar-refractivity contribution < 1.29 is 9.47 Å². The average molecular weight is 243 g/mol. The Morgan fingerprint density at radius 3 is 1.61 bits per heavy atom. The molecule has 0 N–H and O–H groups in total. The molecule has 2 aromatic carbocycles. The summed E-state index contributed by atoms with van der Waals surface area (Å²) in [6.45, 7) is 0. The number of methoxy groups -OCH3 is 2. The van der Waals surface area contributed by atoms with Crippen LogP contribution in [-0.2, 0) is 0 Å². The van der Waals surface area contributed by atoms with Gasteiger partial charge in [-0.1, -0.05) is 12.1 Å². The number of hydrogen-bond acceptors (Lipinski definition) is 3. The highest BCUT2D eigenvalue weighted by atomic mass is 16.5. The Morgan fingerprint density at radius 1 is 0.778 bits per heavy atom. The molecule has 0 heterocycles. The number of hydrogen-bond donors (Lipinski definition) is 0. The van der Waals surface area contributed by atoms with Crippen LogP contribution < -0.4 is 14.4 Å². The van der Waals surface area contributed by atoms with Gasteiger partial charge in [0.25, 0.3) is 0 Å². The minimum absolute atomic E-state index is 0.849. The molecule has 3 heteroatoms. The Bertz CT molecular complexity index is 478. The zero-order chi connectivity index (χ0) is 13.0. The van der Waals surface area contributed by atoms with Gasteiger partial charge in [-0.05, 0) is 24.3 Å². The lowest BCUT2D eigenvalue weighted by Crippen LogP contribution is -2.09. The highest BCUT2D eigenvalue weighted by molar-refractivity contribution is 5.65. The Balaban J connectivity index is 2.31. The molecule has 0 fully saturated rings. The molecule has 94 valence electrons. The van der Waals surface area contributed by atoms with Crippen molar-refractivity contribution >= 4 is 11.4 Å². The topological polar surface area (TPSA) is 21.7 Å². The van der Waals surface area contributed by atoms with Gasteiger partial charge in [0.15, 0.2) is 0 Å². The van der Waals surface area contributed by atoms with E-state index in [9.17, 15) is 0 Å². The summed E-state index contributed by atoms with van der Waals surface area (Å²) in [4.78, 5) is 2.09. The normalized spacial score (nSPS) is 9.94. The second kappa shape index (κ2) is 5.45. The molecule has 0 aromatic heterocycles. The highest BCUT2D eigenvalue weighted by Crippen LogP contribution is 2.28. The first-order chi connectivity index (χ1) is 8.74. The monoisotopic (exact) mass is 243 g/mol. The van der Waals surface area contributed by atoms with Gasteiger partial charge in [0, 0.05) is 30.6 Å². The fourth-order valence-corrected chi connectivity index (χ4v) is 1.79. The van der Waals surface area contributed by atoms with E-state index in [4.69, 9.17) is 9.47 Å². The lowest BCUT2D eigenvalue weighted by atomic mass is 10.2. The van der Waals surface area contributed by atoms with Crippen molar-refractivity contribution in [2.24, 2.45) is 0 Å². The van der Waals surface area contributed by atoms with Crippen molar-refractivity contribution in [3.05, 3.63) is 48.5 Å². The van der Waals surface area contributed by atoms with E-state index < -0.39 is 0 Å². The molecule has 2 aromatic rings. The van der Waals surface area contributed by atoms with E-state index >= 15 is 0 Å². The summed E-state index contributed by atoms with van der Waals surface area (Å²) >= 11 is 0.